The Labute approximate surface area is 133 Å². The molecule has 2 N–H and O–H groups in total. The van der Waals surface area contributed by atoms with Crippen molar-refractivity contribution in [2.45, 2.75) is 44.1 Å². The zero-order chi connectivity index (χ0) is 14.0. The molecule has 21 heavy (non-hydrogen) atoms. The summed E-state index contributed by atoms with van der Waals surface area (Å²) in [4.78, 5) is 12.3. The highest BCUT2D eigenvalue weighted by molar-refractivity contribution is 5.85. The fourth-order valence-corrected chi connectivity index (χ4v) is 3.28. The highest BCUT2D eigenvalue weighted by atomic mass is 35.5. The maximum Gasteiger partial charge on any atom is 0.223 e. The molecule has 2 aliphatic rings. The predicted octanol–water partition coefficient (Wildman–Crippen LogP) is 2.64. The summed E-state index contributed by atoms with van der Waals surface area (Å²) in [6.45, 7) is 3.92. The summed E-state index contributed by atoms with van der Waals surface area (Å²) in [6.07, 6.45) is 4.32. The minimum absolute atomic E-state index is 0. The average molecular weight is 309 g/mol. The molecule has 0 bridgehead atoms. The Bertz CT molecular complexity index is 473. The third kappa shape index (κ3) is 3.78. The molecule has 1 aliphatic heterocycles. The van der Waals surface area contributed by atoms with Crippen LogP contribution in [0.2, 0.25) is 0 Å². The van der Waals surface area contributed by atoms with E-state index in [1.54, 1.807) is 0 Å². The highest BCUT2D eigenvalue weighted by Crippen LogP contribution is 2.47. The Balaban J connectivity index is 0.00000161. The minimum atomic E-state index is 0. The van der Waals surface area contributed by atoms with Crippen LogP contribution in [0, 0.1) is 5.92 Å². The molecule has 3 rings (SSSR count). The predicted molar refractivity (Wildman–Crippen MR) is 87.8 cm³/mol. The van der Waals surface area contributed by atoms with E-state index >= 15 is 0 Å². The Morgan fingerprint density at radius 3 is 2.67 bits per heavy atom. The molecule has 2 atom stereocenters. The molecule has 1 aromatic carbocycles. The average Bonchev–Trinajstić information content (AvgIpc) is 3.27. The molecule has 1 saturated carbocycles. The number of rotatable bonds is 4. The Morgan fingerprint density at radius 1 is 1.33 bits per heavy atom. The maximum atomic E-state index is 12.3. The van der Waals surface area contributed by atoms with Gasteiger partial charge in [0.15, 0.2) is 0 Å². The van der Waals surface area contributed by atoms with E-state index in [0.29, 0.717) is 6.04 Å². The van der Waals surface area contributed by atoms with Gasteiger partial charge in [0.1, 0.15) is 0 Å². The third-order valence-corrected chi connectivity index (χ3v) is 4.84. The topological polar surface area (TPSA) is 41.1 Å². The largest absolute Gasteiger partial charge is 0.355 e. The second-order valence-electron chi connectivity index (χ2n) is 6.44. The molecule has 4 heteroatoms. The van der Waals surface area contributed by atoms with Gasteiger partial charge in [-0.15, -0.1) is 12.4 Å². The van der Waals surface area contributed by atoms with Crippen LogP contribution < -0.4 is 10.6 Å². The van der Waals surface area contributed by atoms with E-state index in [-0.39, 0.29) is 29.6 Å². The van der Waals surface area contributed by atoms with Crippen LogP contribution in [0.5, 0.6) is 0 Å². The normalized spacial score (nSPS) is 26.5. The number of nitrogens with one attached hydrogen (secondary N) is 2. The number of hydrogen-bond acceptors (Lipinski definition) is 2. The van der Waals surface area contributed by atoms with E-state index < -0.39 is 0 Å². The first-order valence-electron chi connectivity index (χ1n) is 7.76. The molecular weight excluding hydrogens is 284 g/mol. The zero-order valence-corrected chi connectivity index (χ0v) is 13.4. The minimum Gasteiger partial charge on any atom is -0.355 e. The Morgan fingerprint density at radius 2 is 2.05 bits per heavy atom. The van der Waals surface area contributed by atoms with Crippen molar-refractivity contribution in [1.29, 1.82) is 0 Å². The summed E-state index contributed by atoms with van der Waals surface area (Å²) < 4.78 is 0. The van der Waals surface area contributed by atoms with Gasteiger partial charge in [0.05, 0.1) is 0 Å². The molecule has 2 fully saturated rings. The molecule has 1 amide bonds. The van der Waals surface area contributed by atoms with Crippen molar-refractivity contribution in [3.63, 3.8) is 0 Å². The first-order chi connectivity index (χ1) is 9.70. The van der Waals surface area contributed by atoms with Crippen molar-refractivity contribution in [2.75, 3.05) is 13.1 Å². The van der Waals surface area contributed by atoms with Gasteiger partial charge in [-0.05, 0) is 44.7 Å². The number of benzene rings is 1. The van der Waals surface area contributed by atoms with Gasteiger partial charge in [0.25, 0.3) is 0 Å². The zero-order valence-electron chi connectivity index (χ0n) is 12.6. The van der Waals surface area contributed by atoms with E-state index in [2.05, 4.69) is 47.9 Å². The third-order valence-electron chi connectivity index (χ3n) is 4.84. The van der Waals surface area contributed by atoms with Crippen molar-refractivity contribution >= 4 is 18.3 Å². The van der Waals surface area contributed by atoms with Crippen LogP contribution in [-0.4, -0.2) is 25.0 Å². The van der Waals surface area contributed by atoms with E-state index in [1.807, 2.05) is 0 Å². The monoisotopic (exact) mass is 308 g/mol. The molecular formula is C17H25ClN2O. The van der Waals surface area contributed by atoms with Crippen molar-refractivity contribution in [3.8, 4) is 0 Å². The highest BCUT2D eigenvalue weighted by Gasteiger charge is 2.44. The van der Waals surface area contributed by atoms with Crippen LogP contribution in [-0.2, 0) is 10.2 Å². The first-order valence-corrected chi connectivity index (χ1v) is 7.76. The van der Waals surface area contributed by atoms with Gasteiger partial charge in [0, 0.05) is 23.9 Å². The van der Waals surface area contributed by atoms with E-state index in [0.717, 1.165) is 25.9 Å². The van der Waals surface area contributed by atoms with E-state index in [1.165, 1.54) is 18.4 Å². The molecule has 0 radical (unpaired) electrons. The summed E-state index contributed by atoms with van der Waals surface area (Å²) in [7, 11) is 0. The lowest BCUT2D eigenvalue weighted by atomic mass is 9.91. The molecule has 3 nitrogen and oxygen atoms in total. The lowest BCUT2D eigenvalue weighted by Gasteiger charge is -2.28. The van der Waals surface area contributed by atoms with Gasteiger partial charge >= 0.3 is 0 Å². The maximum absolute atomic E-state index is 12.3. The van der Waals surface area contributed by atoms with Crippen LogP contribution in [0.15, 0.2) is 30.3 Å². The van der Waals surface area contributed by atoms with Crippen LogP contribution in [0.1, 0.15) is 38.2 Å². The fraction of sp³-hybridized carbons (Fsp3) is 0.588. The van der Waals surface area contributed by atoms with Crippen molar-refractivity contribution in [2.24, 2.45) is 5.92 Å². The number of piperidine rings is 1. The lowest BCUT2D eigenvalue weighted by Crippen LogP contribution is -2.44. The van der Waals surface area contributed by atoms with Crippen LogP contribution in [0.4, 0.5) is 0 Å². The van der Waals surface area contributed by atoms with Crippen LogP contribution in [0.3, 0.4) is 0 Å². The molecule has 1 saturated heterocycles. The van der Waals surface area contributed by atoms with Gasteiger partial charge in [-0.1, -0.05) is 30.3 Å². The standard InChI is InChI=1S/C17H24N2O.ClH/c1-13-11-14(7-10-18-13)16(20)19-12-17(8-9-17)15-5-3-2-4-6-15;/h2-6,13-14,18H,7-12H2,1H3,(H,19,20);1H/t13-,14-;/m0./s1. The number of carbonyl (C=O) groups excluding carboxylic acids is 1. The van der Waals surface area contributed by atoms with Gasteiger partial charge in [-0.25, -0.2) is 0 Å². The molecule has 0 spiro atoms. The summed E-state index contributed by atoms with van der Waals surface area (Å²) >= 11 is 0. The van der Waals surface area contributed by atoms with Gasteiger partial charge in [0.2, 0.25) is 5.91 Å². The molecule has 1 aromatic rings. The summed E-state index contributed by atoms with van der Waals surface area (Å²) in [5, 5.41) is 6.60. The second-order valence-corrected chi connectivity index (χ2v) is 6.44. The van der Waals surface area contributed by atoms with E-state index in [9.17, 15) is 4.79 Å². The summed E-state index contributed by atoms with van der Waals surface area (Å²) in [5.41, 5.74) is 1.59. The van der Waals surface area contributed by atoms with Crippen molar-refractivity contribution < 1.29 is 4.79 Å². The molecule has 0 unspecified atom stereocenters. The number of carbonyl (C=O) groups is 1. The van der Waals surface area contributed by atoms with Crippen LogP contribution >= 0.6 is 12.4 Å². The van der Waals surface area contributed by atoms with Crippen molar-refractivity contribution in [3.05, 3.63) is 35.9 Å². The molecule has 116 valence electrons. The van der Waals surface area contributed by atoms with Gasteiger partial charge < -0.3 is 10.6 Å². The molecule has 0 aromatic heterocycles. The quantitative estimate of drug-likeness (QED) is 0.898. The van der Waals surface area contributed by atoms with Gasteiger partial charge in [-0.2, -0.15) is 0 Å². The molecule has 1 heterocycles. The Hall–Kier alpha value is -1.06. The SMILES string of the molecule is C[C@H]1C[C@@H](C(=O)NCC2(c3ccccc3)CC2)CCN1.Cl. The Kier molecular flexibility index (Phi) is 5.28. The van der Waals surface area contributed by atoms with E-state index in [4.69, 9.17) is 0 Å². The summed E-state index contributed by atoms with van der Waals surface area (Å²) in [6, 6.07) is 11.1. The van der Waals surface area contributed by atoms with Crippen molar-refractivity contribution in [1.82, 2.24) is 10.6 Å². The number of halogens is 1. The van der Waals surface area contributed by atoms with Gasteiger partial charge in [-0.3, -0.25) is 4.79 Å². The number of hydrogen-bond donors (Lipinski definition) is 2. The first kappa shape index (κ1) is 16.3. The van der Waals surface area contributed by atoms with Crippen LogP contribution in [0.25, 0.3) is 0 Å². The lowest BCUT2D eigenvalue weighted by molar-refractivity contribution is -0.126. The number of amides is 1. The molecule has 1 aliphatic carbocycles. The smallest absolute Gasteiger partial charge is 0.223 e. The summed E-state index contributed by atoms with van der Waals surface area (Å²) in [5.74, 6) is 0.443. The second kappa shape index (κ2) is 6.80. The fourth-order valence-electron chi connectivity index (χ4n) is 3.28.